The Bertz CT molecular complexity index is 1610. The van der Waals surface area contributed by atoms with E-state index in [9.17, 15) is 9.59 Å². The summed E-state index contributed by atoms with van der Waals surface area (Å²) in [5.41, 5.74) is 3.13. The third-order valence-electron chi connectivity index (χ3n) is 10.1. The molecule has 2 aromatic carbocycles. The number of amides is 2. The number of ether oxygens (including phenoxy) is 12. The SMILES string of the molecule is CC1(C)OCC([C@H]2O[C@@H]3OC(C)(C)OC3C2OC(=O)Nc2ccc(Cc3ccc(NC(=O)OC4C5OC(C)(C)O[C@H]5O[C@@H]4C4COC(C)(C)O4)cc3)cc2)O1. The summed E-state index contributed by atoms with van der Waals surface area (Å²) in [6.45, 7) is 15.0. The zero-order chi connectivity index (χ0) is 38.9. The van der Waals surface area contributed by atoms with Crippen LogP contribution in [0, 0.1) is 0 Å². The molecule has 2 N–H and O–H groups in total. The minimum Gasteiger partial charge on any atom is -0.440 e. The molecule has 0 aliphatic carbocycles. The van der Waals surface area contributed by atoms with Gasteiger partial charge in [0.2, 0.25) is 0 Å². The van der Waals surface area contributed by atoms with Gasteiger partial charge in [-0.1, -0.05) is 24.3 Å². The van der Waals surface area contributed by atoms with Gasteiger partial charge in [0.15, 0.2) is 60.1 Å². The van der Waals surface area contributed by atoms with Crippen molar-refractivity contribution in [3.05, 3.63) is 59.7 Å². The molecular weight excluding hydrogens is 720 g/mol. The number of fused-ring (bicyclic) bond motifs is 2. The van der Waals surface area contributed by atoms with Gasteiger partial charge in [0.1, 0.15) is 24.4 Å². The number of benzene rings is 2. The molecule has 10 atom stereocenters. The molecule has 55 heavy (non-hydrogen) atoms. The number of hydrogen-bond acceptors (Lipinski definition) is 14. The fourth-order valence-electron chi connectivity index (χ4n) is 7.82. The van der Waals surface area contributed by atoms with Gasteiger partial charge in [-0.3, -0.25) is 10.6 Å². The highest BCUT2D eigenvalue weighted by molar-refractivity contribution is 5.85. The van der Waals surface area contributed by atoms with Gasteiger partial charge in [-0.15, -0.1) is 0 Å². The van der Waals surface area contributed by atoms with Crippen LogP contribution in [-0.2, 0) is 63.3 Å². The van der Waals surface area contributed by atoms with Crippen molar-refractivity contribution in [1.82, 2.24) is 0 Å². The summed E-state index contributed by atoms with van der Waals surface area (Å²) in [5, 5.41) is 5.61. The molecule has 0 bridgehead atoms. The molecule has 0 saturated carbocycles. The van der Waals surface area contributed by atoms with Gasteiger partial charge < -0.3 is 56.8 Å². The topological polar surface area (TPSA) is 169 Å². The molecule has 16 nitrogen and oxygen atoms in total. The second-order valence-corrected chi connectivity index (χ2v) is 16.4. The van der Waals surface area contributed by atoms with Gasteiger partial charge in [0, 0.05) is 11.4 Å². The summed E-state index contributed by atoms with van der Waals surface area (Å²) < 4.78 is 71.5. The van der Waals surface area contributed by atoms with Crippen molar-refractivity contribution in [3.8, 4) is 0 Å². The predicted octanol–water partition coefficient (Wildman–Crippen LogP) is 5.17. The van der Waals surface area contributed by atoms with Crippen LogP contribution in [0.15, 0.2) is 48.5 Å². The first-order valence-corrected chi connectivity index (χ1v) is 18.7. The summed E-state index contributed by atoms with van der Waals surface area (Å²) in [6.07, 6.45) is -7.15. The number of hydrogen-bond donors (Lipinski definition) is 2. The van der Waals surface area contributed by atoms with Gasteiger partial charge >= 0.3 is 12.2 Å². The maximum atomic E-state index is 13.1. The molecule has 6 saturated heterocycles. The van der Waals surface area contributed by atoms with E-state index in [0.717, 1.165) is 11.1 Å². The van der Waals surface area contributed by atoms with Crippen LogP contribution in [0.25, 0.3) is 0 Å². The predicted molar refractivity (Wildman–Crippen MR) is 191 cm³/mol. The number of carbonyl (C=O) groups excluding carboxylic acids is 2. The highest BCUT2D eigenvalue weighted by Crippen LogP contribution is 2.43. The Morgan fingerprint density at radius 1 is 0.545 bits per heavy atom. The Morgan fingerprint density at radius 3 is 1.27 bits per heavy atom. The molecule has 300 valence electrons. The second kappa shape index (κ2) is 14.2. The Hall–Kier alpha value is -3.42. The highest BCUT2D eigenvalue weighted by atomic mass is 16.9. The Labute approximate surface area is 319 Å². The van der Waals surface area contributed by atoms with E-state index in [2.05, 4.69) is 10.6 Å². The largest absolute Gasteiger partial charge is 0.440 e. The summed E-state index contributed by atoms with van der Waals surface area (Å²) >= 11 is 0. The third kappa shape index (κ3) is 8.49. The number of nitrogens with one attached hydrogen (secondary N) is 2. The van der Waals surface area contributed by atoms with Crippen LogP contribution in [0.5, 0.6) is 0 Å². The van der Waals surface area contributed by atoms with E-state index < -0.39 is 96.7 Å². The second-order valence-electron chi connectivity index (χ2n) is 16.4. The van der Waals surface area contributed by atoms with Crippen LogP contribution in [0.2, 0.25) is 0 Å². The first-order chi connectivity index (χ1) is 25.9. The maximum Gasteiger partial charge on any atom is 0.412 e. The molecular formula is C39H50N2O14. The standard InChI is InChI=1S/C39H50N2O14/c1-36(2)44-18-24(50-36)26-28(30-32(46-26)54-38(5,6)52-30)48-34(42)40-22-13-9-20(10-14-22)17-21-11-15-23(16-12-21)41-35(43)49-29-27(25-19-45-37(3,4)51-25)47-33-31(29)53-39(7,8)55-33/h9-16,24-33H,17-19H2,1-8H3,(H,40,42)(H,41,43)/t24?,25?,26-,27-,28?,29?,30?,31?,32-,33-/m1/s1. The van der Waals surface area contributed by atoms with E-state index in [-0.39, 0.29) is 13.2 Å². The van der Waals surface area contributed by atoms with Crippen molar-refractivity contribution < 1.29 is 66.4 Å². The van der Waals surface area contributed by atoms with E-state index in [1.807, 2.05) is 52.0 Å². The van der Waals surface area contributed by atoms with E-state index >= 15 is 0 Å². The number of rotatable bonds is 8. The maximum absolute atomic E-state index is 13.1. The van der Waals surface area contributed by atoms with Crippen LogP contribution in [-0.4, -0.2) is 110 Å². The van der Waals surface area contributed by atoms with Crippen LogP contribution in [0.4, 0.5) is 21.0 Å². The van der Waals surface area contributed by atoms with Crippen LogP contribution >= 0.6 is 0 Å². The zero-order valence-corrected chi connectivity index (χ0v) is 32.2. The average molecular weight is 771 g/mol. The van der Waals surface area contributed by atoms with Crippen molar-refractivity contribution in [1.29, 1.82) is 0 Å². The summed E-state index contributed by atoms with van der Waals surface area (Å²) in [6, 6.07) is 14.9. The molecule has 0 radical (unpaired) electrons. The quantitative estimate of drug-likeness (QED) is 0.361. The highest BCUT2D eigenvalue weighted by Gasteiger charge is 2.61. The van der Waals surface area contributed by atoms with Crippen LogP contribution < -0.4 is 10.6 Å². The van der Waals surface area contributed by atoms with Crippen molar-refractivity contribution >= 4 is 23.6 Å². The minimum absolute atomic E-state index is 0.281. The molecule has 16 heteroatoms. The van der Waals surface area contributed by atoms with Gasteiger partial charge in [-0.2, -0.15) is 0 Å². The lowest BCUT2D eigenvalue weighted by Crippen LogP contribution is -2.45. The molecule has 2 aromatic rings. The van der Waals surface area contributed by atoms with E-state index in [1.54, 1.807) is 52.0 Å². The van der Waals surface area contributed by atoms with Gasteiger partial charge in [-0.25, -0.2) is 9.59 Å². The normalized spacial score (nSPS) is 36.3. The molecule has 6 aliphatic rings. The van der Waals surface area contributed by atoms with Gasteiger partial charge in [-0.05, 0) is 97.2 Å². The molecule has 6 fully saturated rings. The van der Waals surface area contributed by atoms with Gasteiger partial charge in [0.25, 0.3) is 0 Å². The van der Waals surface area contributed by atoms with Crippen LogP contribution in [0.1, 0.15) is 66.5 Å². The molecule has 2 amide bonds. The first kappa shape index (κ1) is 38.5. The third-order valence-corrected chi connectivity index (χ3v) is 10.1. The lowest BCUT2D eigenvalue weighted by molar-refractivity contribution is -0.231. The smallest absolute Gasteiger partial charge is 0.412 e. The molecule has 0 spiro atoms. The lowest BCUT2D eigenvalue weighted by Gasteiger charge is -2.28. The average Bonchev–Trinajstić information content (AvgIpc) is 3.92. The monoisotopic (exact) mass is 770 g/mol. The Morgan fingerprint density at radius 2 is 0.927 bits per heavy atom. The fourth-order valence-corrected chi connectivity index (χ4v) is 7.82. The molecule has 0 aromatic heterocycles. The summed E-state index contributed by atoms with van der Waals surface area (Å²) in [4.78, 5) is 26.3. The van der Waals surface area contributed by atoms with E-state index in [0.29, 0.717) is 17.8 Å². The molecule has 8 rings (SSSR count). The molecule has 6 heterocycles. The van der Waals surface area contributed by atoms with E-state index in [4.69, 9.17) is 56.8 Å². The molecule has 6 unspecified atom stereocenters. The van der Waals surface area contributed by atoms with Crippen molar-refractivity contribution in [3.63, 3.8) is 0 Å². The van der Waals surface area contributed by atoms with Crippen molar-refractivity contribution in [2.45, 2.75) is 146 Å². The Balaban J connectivity index is 0.840. The first-order valence-electron chi connectivity index (χ1n) is 18.7. The van der Waals surface area contributed by atoms with Crippen molar-refractivity contribution in [2.24, 2.45) is 0 Å². The summed E-state index contributed by atoms with van der Waals surface area (Å²) in [7, 11) is 0. The minimum atomic E-state index is -0.889. The Kier molecular flexibility index (Phi) is 9.93. The number of carbonyl (C=O) groups is 2. The number of anilines is 2. The van der Waals surface area contributed by atoms with Gasteiger partial charge in [0.05, 0.1) is 13.2 Å². The fraction of sp³-hybridized carbons (Fsp3) is 0.641. The zero-order valence-electron chi connectivity index (χ0n) is 32.2. The lowest BCUT2D eigenvalue weighted by atomic mass is 10.0. The van der Waals surface area contributed by atoms with E-state index in [1.165, 1.54) is 0 Å². The van der Waals surface area contributed by atoms with Crippen molar-refractivity contribution in [2.75, 3.05) is 23.8 Å². The summed E-state index contributed by atoms with van der Waals surface area (Å²) in [5.74, 6) is -3.35. The van der Waals surface area contributed by atoms with Crippen LogP contribution in [0.3, 0.4) is 0 Å². The molecule has 6 aliphatic heterocycles.